The normalized spacial score (nSPS) is 10.2. The number of aromatic nitrogens is 1. The van der Waals surface area contributed by atoms with Crippen LogP contribution in [0.4, 0.5) is 24.7 Å². The number of halogens is 4. The van der Waals surface area contributed by atoms with Crippen LogP contribution in [0.25, 0.3) is 0 Å². The Labute approximate surface area is 117 Å². The second kappa shape index (κ2) is 5.39. The second-order valence-corrected chi connectivity index (χ2v) is 4.29. The fraction of sp³-hybridized carbons (Fsp3) is 0.0769. The highest BCUT2D eigenvalue weighted by atomic mass is 35.5. The molecule has 0 saturated heterocycles. The Morgan fingerprint density at radius 2 is 1.95 bits per heavy atom. The van der Waals surface area contributed by atoms with Crippen molar-refractivity contribution >= 4 is 23.1 Å². The van der Waals surface area contributed by atoms with Gasteiger partial charge in [0.15, 0.2) is 17.5 Å². The summed E-state index contributed by atoms with van der Waals surface area (Å²) in [7, 11) is 0. The first-order valence-electron chi connectivity index (χ1n) is 5.41. The molecule has 2 rings (SSSR count). The smallest absolute Gasteiger partial charge is 0.168 e. The van der Waals surface area contributed by atoms with Crippen LogP contribution in [0.3, 0.4) is 0 Å². The zero-order chi connectivity index (χ0) is 14.9. The summed E-state index contributed by atoms with van der Waals surface area (Å²) in [4.78, 5) is 3.63. The van der Waals surface area contributed by atoms with Crippen molar-refractivity contribution in [2.75, 3.05) is 5.32 Å². The van der Waals surface area contributed by atoms with Gasteiger partial charge in [-0.2, -0.15) is 5.26 Å². The van der Waals surface area contributed by atoms with Crippen molar-refractivity contribution in [2.45, 2.75) is 6.92 Å². The van der Waals surface area contributed by atoms with Gasteiger partial charge in [-0.05, 0) is 25.1 Å². The maximum Gasteiger partial charge on any atom is 0.168 e. The van der Waals surface area contributed by atoms with E-state index in [1.807, 2.05) is 0 Å². The summed E-state index contributed by atoms with van der Waals surface area (Å²) in [5, 5.41) is 10.8. The first-order valence-corrected chi connectivity index (χ1v) is 5.79. The van der Waals surface area contributed by atoms with Crippen LogP contribution in [0, 0.1) is 35.7 Å². The van der Waals surface area contributed by atoms with Gasteiger partial charge in [0.2, 0.25) is 0 Å². The lowest BCUT2D eigenvalue weighted by molar-refractivity contribution is 0.570. The van der Waals surface area contributed by atoms with Crippen molar-refractivity contribution in [3.63, 3.8) is 0 Å². The van der Waals surface area contributed by atoms with Crippen LogP contribution in [0.5, 0.6) is 0 Å². The maximum absolute atomic E-state index is 13.8. The first kappa shape index (κ1) is 14.2. The van der Waals surface area contributed by atoms with Crippen LogP contribution < -0.4 is 5.32 Å². The van der Waals surface area contributed by atoms with Gasteiger partial charge in [0.05, 0.1) is 11.3 Å². The molecule has 0 unspecified atom stereocenters. The number of anilines is 2. The van der Waals surface area contributed by atoms with E-state index in [2.05, 4.69) is 10.3 Å². The lowest BCUT2D eigenvalue weighted by atomic mass is 10.2. The zero-order valence-electron chi connectivity index (χ0n) is 10.1. The third kappa shape index (κ3) is 2.53. The fourth-order valence-electron chi connectivity index (χ4n) is 1.52. The molecule has 0 aliphatic heterocycles. The standard InChI is InChI=1S/C13H7ClF3N3/c1-6-8(15)2-3-10(11(6)17)19-13-9(16)4-7(5-18)12(14)20-13/h2-4H,1H3,(H,19,20). The molecule has 1 heterocycles. The number of rotatable bonds is 2. The van der Waals surface area contributed by atoms with Gasteiger partial charge in [-0.15, -0.1) is 0 Å². The molecule has 0 aliphatic carbocycles. The molecule has 1 aromatic heterocycles. The molecular weight excluding hydrogens is 291 g/mol. The summed E-state index contributed by atoms with van der Waals surface area (Å²) in [6.45, 7) is 1.26. The third-order valence-electron chi connectivity index (χ3n) is 2.62. The summed E-state index contributed by atoms with van der Waals surface area (Å²) in [5.74, 6) is -2.78. The number of nitrogens with zero attached hydrogens (tertiary/aromatic N) is 2. The minimum Gasteiger partial charge on any atom is -0.335 e. The monoisotopic (exact) mass is 297 g/mol. The molecule has 0 amide bonds. The van der Waals surface area contributed by atoms with E-state index < -0.39 is 17.5 Å². The van der Waals surface area contributed by atoms with Crippen LogP contribution in [0.2, 0.25) is 5.15 Å². The molecular formula is C13H7ClF3N3. The molecule has 2 aromatic rings. The average Bonchev–Trinajstić information content (AvgIpc) is 2.43. The van der Waals surface area contributed by atoms with Crippen molar-refractivity contribution < 1.29 is 13.2 Å². The number of hydrogen-bond donors (Lipinski definition) is 1. The van der Waals surface area contributed by atoms with Crippen LogP contribution >= 0.6 is 11.6 Å². The lowest BCUT2D eigenvalue weighted by Crippen LogP contribution is -2.02. The molecule has 20 heavy (non-hydrogen) atoms. The Balaban J connectivity index is 2.44. The molecule has 1 aromatic carbocycles. The lowest BCUT2D eigenvalue weighted by Gasteiger charge is -2.10. The molecule has 0 aliphatic rings. The Bertz CT molecular complexity index is 726. The van der Waals surface area contributed by atoms with Crippen molar-refractivity contribution in [3.05, 3.63) is 51.9 Å². The number of hydrogen-bond acceptors (Lipinski definition) is 3. The Kier molecular flexibility index (Phi) is 3.81. The van der Waals surface area contributed by atoms with Crippen LogP contribution in [-0.4, -0.2) is 4.98 Å². The summed E-state index contributed by atoms with van der Waals surface area (Å²) < 4.78 is 40.6. The molecule has 102 valence electrons. The quantitative estimate of drug-likeness (QED) is 0.850. The van der Waals surface area contributed by atoms with Crippen molar-refractivity contribution in [1.82, 2.24) is 4.98 Å². The Hall–Kier alpha value is -2.26. The van der Waals surface area contributed by atoms with E-state index in [1.54, 1.807) is 6.07 Å². The summed E-state index contributed by atoms with van der Waals surface area (Å²) in [5.41, 5.74) is -0.475. The largest absolute Gasteiger partial charge is 0.335 e. The average molecular weight is 298 g/mol. The molecule has 0 bridgehead atoms. The number of nitrogens with one attached hydrogen (secondary N) is 1. The van der Waals surface area contributed by atoms with Gasteiger partial charge in [-0.1, -0.05) is 11.6 Å². The molecule has 0 radical (unpaired) electrons. The molecule has 3 nitrogen and oxygen atoms in total. The van der Waals surface area contributed by atoms with Gasteiger partial charge < -0.3 is 5.32 Å². The fourth-order valence-corrected chi connectivity index (χ4v) is 1.70. The zero-order valence-corrected chi connectivity index (χ0v) is 10.9. The first-order chi connectivity index (χ1) is 9.43. The van der Waals surface area contributed by atoms with Gasteiger partial charge in [-0.3, -0.25) is 0 Å². The van der Waals surface area contributed by atoms with Gasteiger partial charge in [0, 0.05) is 5.56 Å². The maximum atomic E-state index is 13.8. The van der Waals surface area contributed by atoms with Crippen molar-refractivity contribution in [2.24, 2.45) is 0 Å². The van der Waals surface area contributed by atoms with Gasteiger partial charge in [-0.25, -0.2) is 18.2 Å². The molecule has 1 N–H and O–H groups in total. The van der Waals surface area contributed by atoms with Crippen molar-refractivity contribution in [1.29, 1.82) is 5.26 Å². The van der Waals surface area contributed by atoms with Crippen LogP contribution in [0.1, 0.15) is 11.1 Å². The molecule has 0 saturated carbocycles. The van der Waals surface area contributed by atoms with E-state index >= 15 is 0 Å². The van der Waals surface area contributed by atoms with E-state index in [4.69, 9.17) is 16.9 Å². The SMILES string of the molecule is Cc1c(F)ccc(Nc2nc(Cl)c(C#N)cc2F)c1F. The Morgan fingerprint density at radius 3 is 2.60 bits per heavy atom. The van der Waals surface area contributed by atoms with Crippen molar-refractivity contribution in [3.8, 4) is 6.07 Å². The third-order valence-corrected chi connectivity index (χ3v) is 2.91. The predicted molar refractivity (Wildman–Crippen MR) is 68.3 cm³/mol. The number of nitriles is 1. The molecule has 0 atom stereocenters. The summed E-state index contributed by atoms with van der Waals surface area (Å²) in [6.07, 6.45) is 0. The minimum atomic E-state index is -0.868. The molecule has 7 heteroatoms. The highest BCUT2D eigenvalue weighted by Crippen LogP contribution is 2.26. The highest BCUT2D eigenvalue weighted by Gasteiger charge is 2.14. The van der Waals surface area contributed by atoms with Gasteiger partial charge in [0.25, 0.3) is 0 Å². The molecule has 0 spiro atoms. The summed E-state index contributed by atoms with van der Waals surface area (Å²) >= 11 is 5.67. The minimum absolute atomic E-state index is 0.134. The predicted octanol–water partition coefficient (Wildman–Crippen LogP) is 4.08. The van der Waals surface area contributed by atoms with E-state index in [1.165, 1.54) is 6.92 Å². The second-order valence-electron chi connectivity index (χ2n) is 3.93. The number of benzene rings is 1. The van der Waals surface area contributed by atoms with E-state index in [0.717, 1.165) is 18.2 Å². The van der Waals surface area contributed by atoms with Gasteiger partial charge >= 0.3 is 0 Å². The van der Waals surface area contributed by atoms with Crippen LogP contribution in [0.15, 0.2) is 18.2 Å². The van der Waals surface area contributed by atoms with E-state index in [9.17, 15) is 13.2 Å². The van der Waals surface area contributed by atoms with E-state index in [0.29, 0.717) is 0 Å². The van der Waals surface area contributed by atoms with Gasteiger partial charge in [0.1, 0.15) is 17.0 Å². The topological polar surface area (TPSA) is 48.7 Å². The Morgan fingerprint density at radius 1 is 1.25 bits per heavy atom. The van der Waals surface area contributed by atoms with E-state index in [-0.39, 0.29) is 27.8 Å². The number of pyridine rings is 1. The summed E-state index contributed by atoms with van der Waals surface area (Å²) in [6, 6.07) is 4.71. The molecule has 0 fully saturated rings. The highest BCUT2D eigenvalue weighted by molar-refractivity contribution is 6.30. The van der Waals surface area contributed by atoms with Crippen LogP contribution in [-0.2, 0) is 0 Å².